The van der Waals surface area contributed by atoms with Gasteiger partial charge in [0.15, 0.2) is 5.01 Å². The third-order valence-electron chi connectivity index (χ3n) is 2.89. The molecule has 1 atom stereocenters. The molecule has 0 saturated heterocycles. The molecule has 2 rings (SSSR count). The van der Waals surface area contributed by atoms with Crippen molar-refractivity contribution in [3.05, 3.63) is 40.4 Å². The lowest BCUT2D eigenvalue weighted by Gasteiger charge is -2.18. The number of alkyl halides is 2. The first-order valence-corrected chi connectivity index (χ1v) is 7.36. The lowest BCUT2D eigenvalue weighted by Crippen LogP contribution is -2.32. The Morgan fingerprint density at radius 2 is 2.04 bits per heavy atom. The van der Waals surface area contributed by atoms with E-state index in [1.54, 1.807) is 6.92 Å². The van der Waals surface area contributed by atoms with Gasteiger partial charge in [-0.3, -0.25) is 5.32 Å². The van der Waals surface area contributed by atoms with Gasteiger partial charge in [-0.15, -0.1) is 10.2 Å². The number of anilines is 1. The van der Waals surface area contributed by atoms with Crippen LogP contribution in [0.3, 0.4) is 0 Å². The Balaban J connectivity index is 2.06. The van der Waals surface area contributed by atoms with Gasteiger partial charge in [0.2, 0.25) is 5.13 Å². The van der Waals surface area contributed by atoms with Crippen molar-refractivity contribution in [3.8, 4) is 0 Å². The van der Waals surface area contributed by atoms with Gasteiger partial charge in [0.25, 0.3) is 6.43 Å². The molecule has 0 aliphatic rings. The number of carbonyl (C=O) groups is 1. The van der Waals surface area contributed by atoms with E-state index in [0.29, 0.717) is 17.8 Å². The van der Waals surface area contributed by atoms with Crippen molar-refractivity contribution in [2.24, 2.45) is 0 Å². The number of aromatic nitrogens is 2. The van der Waals surface area contributed by atoms with E-state index in [9.17, 15) is 22.4 Å². The highest BCUT2D eigenvalue weighted by Crippen LogP contribution is 2.25. The van der Waals surface area contributed by atoms with Crippen LogP contribution in [0.5, 0.6) is 0 Å². The second kappa shape index (κ2) is 7.36. The Morgan fingerprint density at radius 3 is 2.65 bits per heavy atom. The largest absolute Gasteiger partial charge is 0.331 e. The number of urea groups is 1. The Hall–Kier alpha value is -2.23. The monoisotopic (exact) mass is 348 g/mol. The van der Waals surface area contributed by atoms with Crippen LogP contribution in [0.1, 0.15) is 36.4 Å². The van der Waals surface area contributed by atoms with Gasteiger partial charge in [0, 0.05) is 5.56 Å². The van der Waals surface area contributed by atoms with E-state index < -0.39 is 35.1 Å². The molecular formula is C13H12F4N4OS. The lowest BCUT2D eigenvalue weighted by molar-refractivity contribution is 0.150. The van der Waals surface area contributed by atoms with E-state index in [1.165, 1.54) is 0 Å². The number of hydrogen-bond acceptors (Lipinski definition) is 4. The maximum absolute atomic E-state index is 13.7. The van der Waals surface area contributed by atoms with Crippen LogP contribution in [0.4, 0.5) is 27.5 Å². The van der Waals surface area contributed by atoms with Crippen molar-refractivity contribution in [1.29, 1.82) is 0 Å². The number of benzene rings is 1. The number of hydrogen-bond donors (Lipinski definition) is 2. The van der Waals surface area contributed by atoms with Crippen LogP contribution in [0.2, 0.25) is 0 Å². The van der Waals surface area contributed by atoms with E-state index in [0.717, 1.165) is 18.2 Å². The summed E-state index contributed by atoms with van der Waals surface area (Å²) in [7, 11) is 0. The Morgan fingerprint density at radius 1 is 1.30 bits per heavy atom. The fraction of sp³-hybridized carbons (Fsp3) is 0.308. The quantitative estimate of drug-likeness (QED) is 0.802. The van der Waals surface area contributed by atoms with Gasteiger partial charge >= 0.3 is 6.03 Å². The molecule has 2 amide bonds. The van der Waals surface area contributed by atoms with Crippen LogP contribution in [0.15, 0.2) is 18.2 Å². The molecule has 0 radical (unpaired) electrons. The SMILES string of the molecule is CC[C@H](NC(=O)Nc1nnc(C(F)F)s1)c1cc(F)ccc1F. The summed E-state index contributed by atoms with van der Waals surface area (Å²) >= 11 is 0.527. The van der Waals surface area contributed by atoms with Crippen molar-refractivity contribution in [2.75, 3.05) is 5.32 Å². The summed E-state index contributed by atoms with van der Waals surface area (Å²) in [4.78, 5) is 11.8. The summed E-state index contributed by atoms with van der Waals surface area (Å²) in [5.41, 5.74) is -0.00631. The lowest BCUT2D eigenvalue weighted by atomic mass is 10.0. The number of amides is 2. The first-order chi connectivity index (χ1) is 10.9. The van der Waals surface area contributed by atoms with Gasteiger partial charge in [-0.05, 0) is 24.6 Å². The molecule has 0 bridgehead atoms. The van der Waals surface area contributed by atoms with E-state index in [4.69, 9.17) is 0 Å². The normalized spacial score (nSPS) is 12.3. The molecule has 5 nitrogen and oxygen atoms in total. The molecule has 1 aromatic heterocycles. The van der Waals surface area contributed by atoms with E-state index in [1.807, 2.05) is 0 Å². The van der Waals surface area contributed by atoms with Gasteiger partial charge < -0.3 is 5.32 Å². The van der Waals surface area contributed by atoms with Gasteiger partial charge in [-0.25, -0.2) is 22.4 Å². The van der Waals surface area contributed by atoms with Gasteiger partial charge in [0.1, 0.15) is 11.6 Å². The molecule has 23 heavy (non-hydrogen) atoms. The molecule has 0 fully saturated rings. The summed E-state index contributed by atoms with van der Waals surface area (Å²) in [6, 6.07) is 1.36. The molecule has 1 aromatic carbocycles. The van der Waals surface area contributed by atoms with Crippen LogP contribution >= 0.6 is 11.3 Å². The van der Waals surface area contributed by atoms with Crippen molar-refractivity contribution >= 4 is 22.5 Å². The van der Waals surface area contributed by atoms with Crippen molar-refractivity contribution < 1.29 is 22.4 Å². The molecule has 0 unspecified atom stereocenters. The number of nitrogens with zero attached hydrogens (tertiary/aromatic N) is 2. The van der Waals surface area contributed by atoms with Crippen molar-refractivity contribution in [1.82, 2.24) is 15.5 Å². The Kier molecular flexibility index (Phi) is 5.48. The third-order valence-corrected chi connectivity index (χ3v) is 3.74. The molecule has 2 N–H and O–H groups in total. The smallest absolute Gasteiger partial charge is 0.321 e. The summed E-state index contributed by atoms with van der Waals surface area (Å²) in [5.74, 6) is -1.29. The average Bonchev–Trinajstić information content (AvgIpc) is 2.96. The van der Waals surface area contributed by atoms with Crippen LogP contribution < -0.4 is 10.6 Å². The van der Waals surface area contributed by atoms with Crippen LogP contribution in [0, 0.1) is 11.6 Å². The van der Waals surface area contributed by atoms with Crippen LogP contribution in [-0.4, -0.2) is 16.2 Å². The minimum Gasteiger partial charge on any atom is -0.331 e. The number of nitrogens with one attached hydrogen (secondary N) is 2. The molecule has 10 heteroatoms. The molecule has 0 spiro atoms. The van der Waals surface area contributed by atoms with E-state index in [-0.39, 0.29) is 10.7 Å². The zero-order valence-corrected chi connectivity index (χ0v) is 12.6. The summed E-state index contributed by atoms with van der Waals surface area (Å²) in [6.45, 7) is 1.68. The van der Waals surface area contributed by atoms with Crippen LogP contribution in [-0.2, 0) is 0 Å². The highest BCUT2D eigenvalue weighted by atomic mass is 32.1. The molecule has 2 aromatic rings. The maximum Gasteiger partial charge on any atom is 0.321 e. The first kappa shape index (κ1) is 17.1. The van der Waals surface area contributed by atoms with Crippen molar-refractivity contribution in [3.63, 3.8) is 0 Å². The van der Waals surface area contributed by atoms with Crippen LogP contribution in [0.25, 0.3) is 0 Å². The Labute approximate surface area is 132 Å². The second-order valence-corrected chi connectivity index (χ2v) is 5.48. The third kappa shape index (κ3) is 4.38. The minimum absolute atomic E-state index is 0.00631. The minimum atomic E-state index is -2.78. The van der Waals surface area contributed by atoms with Gasteiger partial charge in [-0.2, -0.15) is 0 Å². The molecule has 0 aliphatic heterocycles. The predicted molar refractivity (Wildman–Crippen MR) is 76.4 cm³/mol. The molecule has 1 heterocycles. The highest BCUT2D eigenvalue weighted by Gasteiger charge is 2.19. The fourth-order valence-electron chi connectivity index (χ4n) is 1.85. The van der Waals surface area contributed by atoms with E-state index in [2.05, 4.69) is 20.8 Å². The predicted octanol–water partition coefficient (Wildman–Crippen LogP) is 4.03. The number of halogens is 4. The Bertz CT molecular complexity index is 694. The summed E-state index contributed by atoms with van der Waals surface area (Å²) < 4.78 is 51.7. The zero-order chi connectivity index (χ0) is 17.0. The average molecular weight is 348 g/mol. The zero-order valence-electron chi connectivity index (χ0n) is 11.8. The molecular weight excluding hydrogens is 336 g/mol. The van der Waals surface area contributed by atoms with Crippen molar-refractivity contribution in [2.45, 2.75) is 25.8 Å². The fourth-order valence-corrected chi connectivity index (χ4v) is 2.44. The summed E-state index contributed by atoms with van der Waals surface area (Å²) in [5, 5.41) is 10.6. The molecule has 0 saturated carbocycles. The standard InChI is InChI=1S/C13H12F4N4OS/c1-2-9(7-5-6(14)3-4-8(7)15)18-12(22)19-13-21-20-11(23-13)10(16)17/h3-5,9-10H,2H2,1H3,(H2,18,19,21,22)/t9-/m0/s1. The molecule has 0 aliphatic carbocycles. The van der Waals surface area contributed by atoms with Gasteiger partial charge in [0.05, 0.1) is 6.04 Å². The topological polar surface area (TPSA) is 66.9 Å². The number of carbonyl (C=O) groups excluding carboxylic acids is 1. The first-order valence-electron chi connectivity index (χ1n) is 6.54. The highest BCUT2D eigenvalue weighted by molar-refractivity contribution is 7.15. The summed E-state index contributed by atoms with van der Waals surface area (Å²) in [6.07, 6.45) is -2.48. The number of rotatable bonds is 5. The molecule has 124 valence electrons. The maximum atomic E-state index is 13.7. The van der Waals surface area contributed by atoms with E-state index >= 15 is 0 Å². The van der Waals surface area contributed by atoms with Gasteiger partial charge in [-0.1, -0.05) is 18.3 Å². The second-order valence-electron chi connectivity index (χ2n) is 4.47.